The zero-order valence-corrected chi connectivity index (χ0v) is 11.5. The summed E-state index contributed by atoms with van der Waals surface area (Å²) < 4.78 is 0.944. The number of aromatic carboxylic acids is 2. The van der Waals surface area contributed by atoms with E-state index in [0.717, 1.165) is 4.68 Å². The van der Waals surface area contributed by atoms with Gasteiger partial charge in [0, 0.05) is 12.4 Å². The Hall–Kier alpha value is -3.62. The third kappa shape index (κ3) is 2.62. The molecule has 3 aromatic rings. The van der Waals surface area contributed by atoms with Crippen molar-refractivity contribution in [1.29, 1.82) is 0 Å². The largest absolute Gasteiger partial charge is 0.476 e. The van der Waals surface area contributed by atoms with Gasteiger partial charge in [-0.2, -0.15) is 0 Å². The van der Waals surface area contributed by atoms with Crippen LogP contribution >= 0.6 is 0 Å². The number of carboxylic acid groups (broad SMARTS) is 2. The molecule has 3 rings (SSSR count). The molecular formula is C14H9N5O4. The maximum atomic E-state index is 11.3. The fourth-order valence-electron chi connectivity index (χ4n) is 2.00. The zero-order valence-electron chi connectivity index (χ0n) is 11.5. The summed E-state index contributed by atoms with van der Waals surface area (Å²) in [6, 6.07) is 8.34. The van der Waals surface area contributed by atoms with Gasteiger partial charge in [0.1, 0.15) is 0 Å². The lowest BCUT2D eigenvalue weighted by atomic mass is 10.2. The fraction of sp³-hybridized carbons (Fsp3) is 0. The van der Waals surface area contributed by atoms with Crippen LogP contribution in [-0.2, 0) is 0 Å². The van der Waals surface area contributed by atoms with E-state index in [1.165, 1.54) is 12.3 Å². The van der Waals surface area contributed by atoms with Gasteiger partial charge in [0.05, 0.1) is 17.1 Å². The molecule has 0 atom stereocenters. The van der Waals surface area contributed by atoms with Crippen LogP contribution in [0.5, 0.6) is 0 Å². The molecule has 2 N–H and O–H groups in total. The molecule has 0 saturated carbocycles. The van der Waals surface area contributed by atoms with Crippen molar-refractivity contribution in [3.8, 4) is 17.1 Å². The molecule has 0 bridgehead atoms. The van der Waals surface area contributed by atoms with Crippen LogP contribution in [0.1, 0.15) is 21.0 Å². The summed E-state index contributed by atoms with van der Waals surface area (Å²) in [5, 5.41) is 25.3. The lowest BCUT2D eigenvalue weighted by Crippen LogP contribution is -2.12. The molecule has 0 fully saturated rings. The summed E-state index contributed by atoms with van der Waals surface area (Å²) in [5.74, 6) is -2.91. The molecule has 9 heteroatoms. The van der Waals surface area contributed by atoms with E-state index in [-0.39, 0.29) is 0 Å². The molecule has 0 aromatic carbocycles. The van der Waals surface area contributed by atoms with Crippen LogP contribution in [0.2, 0.25) is 0 Å². The van der Waals surface area contributed by atoms with E-state index in [2.05, 4.69) is 20.3 Å². The molecule has 0 saturated heterocycles. The van der Waals surface area contributed by atoms with E-state index in [9.17, 15) is 14.7 Å². The van der Waals surface area contributed by atoms with Crippen LogP contribution in [0.25, 0.3) is 17.1 Å². The molecule has 114 valence electrons. The van der Waals surface area contributed by atoms with E-state index < -0.39 is 23.3 Å². The Morgan fingerprint density at radius 2 is 1.74 bits per heavy atom. The van der Waals surface area contributed by atoms with E-state index in [1.54, 1.807) is 30.5 Å². The molecule has 3 heterocycles. The summed E-state index contributed by atoms with van der Waals surface area (Å²) in [6.45, 7) is 0. The van der Waals surface area contributed by atoms with Crippen molar-refractivity contribution < 1.29 is 19.8 Å². The number of hydrogen-bond donors (Lipinski definition) is 2. The highest BCUT2D eigenvalue weighted by Crippen LogP contribution is 2.19. The summed E-state index contributed by atoms with van der Waals surface area (Å²) in [6.07, 6.45) is 3.05. The topological polar surface area (TPSA) is 131 Å². The third-order valence-corrected chi connectivity index (χ3v) is 2.99. The third-order valence-electron chi connectivity index (χ3n) is 2.99. The van der Waals surface area contributed by atoms with Gasteiger partial charge in [-0.15, -0.1) is 5.10 Å². The first-order chi connectivity index (χ1) is 11.1. The van der Waals surface area contributed by atoms with Crippen LogP contribution in [-0.4, -0.2) is 47.1 Å². The number of hydrogen-bond acceptors (Lipinski definition) is 6. The van der Waals surface area contributed by atoms with Crippen LogP contribution < -0.4 is 0 Å². The van der Waals surface area contributed by atoms with Crippen LogP contribution in [0.3, 0.4) is 0 Å². The number of aromatic nitrogens is 5. The molecule has 0 unspecified atom stereocenters. The van der Waals surface area contributed by atoms with E-state index >= 15 is 0 Å². The van der Waals surface area contributed by atoms with Gasteiger partial charge in [-0.1, -0.05) is 11.3 Å². The Balaban J connectivity index is 2.14. The quantitative estimate of drug-likeness (QED) is 0.732. The highest BCUT2D eigenvalue weighted by molar-refractivity contribution is 5.99. The smallest absolute Gasteiger partial charge is 0.359 e. The molecule has 3 aromatic heterocycles. The number of carbonyl (C=O) groups is 2. The normalized spacial score (nSPS) is 10.4. The van der Waals surface area contributed by atoms with Crippen molar-refractivity contribution in [3.05, 3.63) is 54.1 Å². The Morgan fingerprint density at radius 3 is 2.39 bits per heavy atom. The van der Waals surface area contributed by atoms with E-state index in [4.69, 9.17) is 5.11 Å². The molecular weight excluding hydrogens is 302 g/mol. The predicted octanol–water partition coefficient (Wildman–Crippen LogP) is 1.12. The van der Waals surface area contributed by atoms with Crippen LogP contribution in [0, 0.1) is 0 Å². The van der Waals surface area contributed by atoms with E-state index in [1.807, 2.05) is 0 Å². The van der Waals surface area contributed by atoms with Gasteiger partial charge in [-0.05, 0) is 24.3 Å². The predicted molar refractivity (Wildman–Crippen MR) is 76.3 cm³/mol. The average molecular weight is 311 g/mol. The Kier molecular flexibility index (Phi) is 3.51. The van der Waals surface area contributed by atoms with Gasteiger partial charge in [0.2, 0.25) is 5.69 Å². The van der Waals surface area contributed by atoms with Gasteiger partial charge in [0.25, 0.3) is 0 Å². The van der Waals surface area contributed by atoms with Crippen LogP contribution in [0.15, 0.2) is 42.7 Å². The first kappa shape index (κ1) is 14.3. The minimum absolute atomic E-state index is 0.318. The summed E-state index contributed by atoms with van der Waals surface area (Å²) >= 11 is 0. The van der Waals surface area contributed by atoms with Crippen molar-refractivity contribution in [2.24, 2.45) is 0 Å². The Morgan fingerprint density at radius 1 is 0.957 bits per heavy atom. The molecule has 0 aliphatic rings. The van der Waals surface area contributed by atoms with Crippen molar-refractivity contribution in [2.45, 2.75) is 0 Å². The molecule has 0 aliphatic heterocycles. The van der Waals surface area contributed by atoms with Crippen molar-refractivity contribution in [3.63, 3.8) is 0 Å². The second-order valence-electron chi connectivity index (χ2n) is 4.42. The average Bonchev–Trinajstić information content (AvgIpc) is 3.01. The number of carboxylic acids is 2. The first-order valence-corrected chi connectivity index (χ1v) is 6.38. The second-order valence-corrected chi connectivity index (χ2v) is 4.42. The first-order valence-electron chi connectivity index (χ1n) is 6.38. The second kappa shape index (κ2) is 5.64. The zero-order chi connectivity index (χ0) is 16.4. The van der Waals surface area contributed by atoms with Gasteiger partial charge in [-0.25, -0.2) is 14.3 Å². The highest BCUT2D eigenvalue weighted by atomic mass is 16.4. The lowest BCUT2D eigenvalue weighted by Gasteiger charge is -2.05. The van der Waals surface area contributed by atoms with Crippen molar-refractivity contribution in [1.82, 2.24) is 25.0 Å². The highest BCUT2D eigenvalue weighted by Gasteiger charge is 2.25. The van der Waals surface area contributed by atoms with Crippen molar-refractivity contribution in [2.75, 3.05) is 0 Å². The van der Waals surface area contributed by atoms with Gasteiger partial charge in [0.15, 0.2) is 5.69 Å². The number of rotatable bonds is 4. The van der Waals surface area contributed by atoms with E-state index in [0.29, 0.717) is 17.1 Å². The molecule has 0 amide bonds. The summed E-state index contributed by atoms with van der Waals surface area (Å²) in [7, 11) is 0. The fourth-order valence-corrected chi connectivity index (χ4v) is 2.00. The Labute approximate surface area is 128 Å². The van der Waals surface area contributed by atoms with Gasteiger partial charge >= 0.3 is 11.9 Å². The van der Waals surface area contributed by atoms with Gasteiger partial charge < -0.3 is 10.2 Å². The summed E-state index contributed by atoms with van der Waals surface area (Å²) in [5.41, 5.74) is 0.235. The Bertz CT molecular complexity index is 891. The van der Waals surface area contributed by atoms with Crippen LogP contribution in [0.4, 0.5) is 0 Å². The molecule has 9 nitrogen and oxygen atoms in total. The van der Waals surface area contributed by atoms with Crippen molar-refractivity contribution >= 4 is 11.9 Å². The molecule has 0 radical (unpaired) electrons. The minimum atomic E-state index is -1.47. The molecule has 0 spiro atoms. The SMILES string of the molecule is O=C(O)c1nnn(-c2ccnc(-c3ccccn3)c2)c1C(=O)O. The lowest BCUT2D eigenvalue weighted by molar-refractivity contribution is 0.0642. The molecule has 0 aliphatic carbocycles. The standard InChI is InChI=1S/C14H9N5O4/c20-13(21)11-12(14(22)23)19(18-17-11)8-4-6-16-10(7-8)9-3-1-2-5-15-9/h1-7H,(H,20,21)(H,22,23). The minimum Gasteiger partial charge on any atom is -0.476 e. The number of nitrogens with zero attached hydrogens (tertiary/aromatic N) is 5. The monoisotopic (exact) mass is 311 g/mol. The maximum Gasteiger partial charge on any atom is 0.359 e. The number of pyridine rings is 2. The summed E-state index contributed by atoms with van der Waals surface area (Å²) in [4.78, 5) is 30.7. The molecule has 23 heavy (non-hydrogen) atoms. The maximum absolute atomic E-state index is 11.3. The van der Waals surface area contributed by atoms with Gasteiger partial charge in [-0.3, -0.25) is 9.97 Å².